The third-order valence-electron chi connectivity index (χ3n) is 4.08. The molecule has 0 fully saturated rings. The fourth-order valence-electron chi connectivity index (χ4n) is 2.81. The molecule has 0 aliphatic heterocycles. The van der Waals surface area contributed by atoms with Crippen molar-refractivity contribution in [1.82, 2.24) is 19.7 Å². The Hall–Kier alpha value is -3.48. The fraction of sp³-hybridized carbons (Fsp3) is 0.158. The lowest BCUT2D eigenvalue weighted by Gasteiger charge is -2.08. The number of hydrogen-bond acceptors (Lipinski definition) is 6. The first-order valence-corrected chi connectivity index (χ1v) is 8.22. The maximum atomic E-state index is 12.7. The summed E-state index contributed by atoms with van der Waals surface area (Å²) in [5.41, 5.74) is 2.54. The molecule has 0 saturated carbocycles. The Bertz CT molecular complexity index is 1150. The molecule has 0 radical (unpaired) electrons. The predicted octanol–water partition coefficient (Wildman–Crippen LogP) is 3.19. The number of nitrogens with zero attached hydrogens (tertiary/aromatic N) is 4. The van der Waals surface area contributed by atoms with E-state index in [9.17, 15) is 4.79 Å². The van der Waals surface area contributed by atoms with Crippen LogP contribution in [0.4, 0.5) is 11.7 Å². The molecule has 0 aliphatic rings. The minimum absolute atomic E-state index is 0.125. The van der Waals surface area contributed by atoms with Gasteiger partial charge in [0.25, 0.3) is 5.56 Å². The number of rotatable bonds is 4. The average Bonchev–Trinajstić information content (AvgIpc) is 3.06. The summed E-state index contributed by atoms with van der Waals surface area (Å²) in [7, 11) is 0. The summed E-state index contributed by atoms with van der Waals surface area (Å²) < 4.78 is 7.17. The second-order valence-corrected chi connectivity index (χ2v) is 6.06. The van der Waals surface area contributed by atoms with Crippen LogP contribution in [-0.2, 0) is 6.54 Å². The number of para-hydroxylation sites is 1. The molecule has 7 heteroatoms. The summed E-state index contributed by atoms with van der Waals surface area (Å²) >= 11 is 0. The van der Waals surface area contributed by atoms with Crippen LogP contribution in [0.1, 0.15) is 17.3 Å². The third kappa shape index (κ3) is 3.06. The van der Waals surface area contributed by atoms with E-state index in [2.05, 4.69) is 20.5 Å². The van der Waals surface area contributed by atoms with Crippen molar-refractivity contribution in [3.8, 4) is 0 Å². The highest BCUT2D eigenvalue weighted by Crippen LogP contribution is 2.17. The topological polar surface area (TPSA) is 85.8 Å². The Kier molecular flexibility index (Phi) is 3.96. The first-order valence-electron chi connectivity index (χ1n) is 8.22. The average molecular weight is 347 g/mol. The molecule has 0 aliphatic carbocycles. The van der Waals surface area contributed by atoms with E-state index >= 15 is 0 Å². The van der Waals surface area contributed by atoms with Gasteiger partial charge in [-0.2, -0.15) is 0 Å². The van der Waals surface area contributed by atoms with Gasteiger partial charge in [-0.05, 0) is 43.7 Å². The van der Waals surface area contributed by atoms with Crippen molar-refractivity contribution in [3.05, 3.63) is 76.2 Å². The molecule has 0 amide bonds. The third-order valence-corrected chi connectivity index (χ3v) is 4.08. The molecular formula is C19H17N5O2. The largest absolute Gasteiger partial charge is 0.406 e. The van der Waals surface area contributed by atoms with Crippen molar-refractivity contribution in [2.24, 2.45) is 0 Å². The number of nitrogens with one attached hydrogen (secondary N) is 1. The van der Waals surface area contributed by atoms with E-state index < -0.39 is 0 Å². The fourth-order valence-corrected chi connectivity index (χ4v) is 2.81. The van der Waals surface area contributed by atoms with E-state index in [1.165, 1.54) is 4.57 Å². The van der Waals surface area contributed by atoms with Gasteiger partial charge < -0.3 is 9.73 Å². The van der Waals surface area contributed by atoms with Crippen LogP contribution in [-0.4, -0.2) is 19.7 Å². The molecule has 130 valence electrons. The molecule has 0 bridgehead atoms. The van der Waals surface area contributed by atoms with Gasteiger partial charge >= 0.3 is 6.01 Å². The normalized spacial score (nSPS) is 11.0. The minimum Gasteiger partial charge on any atom is -0.406 e. The van der Waals surface area contributed by atoms with Gasteiger partial charge in [0, 0.05) is 5.69 Å². The van der Waals surface area contributed by atoms with Crippen LogP contribution < -0.4 is 10.9 Å². The summed E-state index contributed by atoms with van der Waals surface area (Å²) in [6.07, 6.45) is 0. The molecule has 2 aromatic carbocycles. The van der Waals surface area contributed by atoms with E-state index in [4.69, 9.17) is 4.42 Å². The smallest absolute Gasteiger partial charge is 0.320 e. The Morgan fingerprint density at radius 1 is 1.08 bits per heavy atom. The SMILES string of the molecule is Cc1cccc(Nc2nnc(Cn3c(C)nc4ccccc4c3=O)o2)c1. The minimum atomic E-state index is -0.125. The van der Waals surface area contributed by atoms with Gasteiger partial charge in [-0.3, -0.25) is 9.36 Å². The van der Waals surface area contributed by atoms with Crippen LogP contribution >= 0.6 is 0 Å². The van der Waals surface area contributed by atoms with Crippen molar-refractivity contribution in [2.45, 2.75) is 20.4 Å². The molecule has 7 nitrogen and oxygen atoms in total. The van der Waals surface area contributed by atoms with Crippen molar-refractivity contribution >= 4 is 22.6 Å². The van der Waals surface area contributed by atoms with Crippen molar-refractivity contribution in [1.29, 1.82) is 0 Å². The van der Waals surface area contributed by atoms with E-state index in [1.807, 2.05) is 49.4 Å². The molecular weight excluding hydrogens is 330 g/mol. The van der Waals surface area contributed by atoms with Gasteiger partial charge in [-0.1, -0.05) is 29.4 Å². The summed E-state index contributed by atoms with van der Waals surface area (Å²) in [6.45, 7) is 3.97. The van der Waals surface area contributed by atoms with Gasteiger partial charge in [-0.15, -0.1) is 5.10 Å². The molecule has 0 unspecified atom stereocenters. The van der Waals surface area contributed by atoms with Crippen LogP contribution in [0.25, 0.3) is 10.9 Å². The number of aryl methyl sites for hydroxylation is 2. The van der Waals surface area contributed by atoms with Gasteiger partial charge in [0.05, 0.1) is 10.9 Å². The Morgan fingerprint density at radius 3 is 2.77 bits per heavy atom. The number of aromatic nitrogens is 4. The van der Waals surface area contributed by atoms with Crippen LogP contribution in [0, 0.1) is 13.8 Å². The Labute approximate surface area is 149 Å². The van der Waals surface area contributed by atoms with E-state index in [1.54, 1.807) is 13.0 Å². The van der Waals surface area contributed by atoms with Crippen molar-refractivity contribution < 1.29 is 4.42 Å². The standard InChI is InChI=1S/C19H17N5O2/c1-12-6-5-7-14(10-12)21-19-23-22-17(26-19)11-24-13(2)20-16-9-4-3-8-15(16)18(24)25/h3-10H,11H2,1-2H3,(H,21,23). The zero-order chi connectivity index (χ0) is 18.1. The highest BCUT2D eigenvalue weighted by molar-refractivity contribution is 5.77. The van der Waals surface area contributed by atoms with E-state index in [0.29, 0.717) is 22.6 Å². The quantitative estimate of drug-likeness (QED) is 0.610. The first kappa shape index (κ1) is 16.0. The van der Waals surface area contributed by atoms with Crippen LogP contribution in [0.15, 0.2) is 57.7 Å². The Morgan fingerprint density at radius 2 is 1.92 bits per heavy atom. The van der Waals surface area contributed by atoms with Crippen LogP contribution in [0.3, 0.4) is 0 Å². The maximum absolute atomic E-state index is 12.7. The van der Waals surface area contributed by atoms with Gasteiger partial charge in [0.1, 0.15) is 12.4 Å². The summed E-state index contributed by atoms with van der Waals surface area (Å²) in [6, 6.07) is 15.4. The molecule has 2 aromatic heterocycles. The van der Waals surface area contributed by atoms with Crippen LogP contribution in [0.2, 0.25) is 0 Å². The molecule has 1 N–H and O–H groups in total. The number of benzene rings is 2. The second-order valence-electron chi connectivity index (χ2n) is 6.06. The molecule has 4 aromatic rings. The number of hydrogen-bond donors (Lipinski definition) is 1. The first-order chi connectivity index (χ1) is 12.6. The molecule has 26 heavy (non-hydrogen) atoms. The van der Waals surface area contributed by atoms with Gasteiger partial charge in [0.15, 0.2) is 0 Å². The van der Waals surface area contributed by atoms with Gasteiger partial charge in [0.2, 0.25) is 5.89 Å². The molecule has 2 heterocycles. The monoisotopic (exact) mass is 347 g/mol. The zero-order valence-corrected chi connectivity index (χ0v) is 14.4. The summed E-state index contributed by atoms with van der Waals surface area (Å²) in [5.74, 6) is 0.933. The van der Waals surface area contributed by atoms with Crippen LogP contribution in [0.5, 0.6) is 0 Å². The van der Waals surface area contributed by atoms with Gasteiger partial charge in [-0.25, -0.2) is 4.98 Å². The lowest BCUT2D eigenvalue weighted by molar-refractivity contribution is 0.482. The molecule has 0 atom stereocenters. The molecule has 0 spiro atoms. The van der Waals surface area contributed by atoms with E-state index in [0.717, 1.165) is 11.3 Å². The van der Waals surface area contributed by atoms with E-state index in [-0.39, 0.29) is 18.1 Å². The number of fused-ring (bicyclic) bond motifs is 1. The van der Waals surface area contributed by atoms with Crippen molar-refractivity contribution in [2.75, 3.05) is 5.32 Å². The zero-order valence-electron chi connectivity index (χ0n) is 14.4. The molecule has 4 rings (SSSR count). The highest BCUT2D eigenvalue weighted by atomic mass is 16.4. The molecule has 0 saturated heterocycles. The van der Waals surface area contributed by atoms with Crippen molar-refractivity contribution in [3.63, 3.8) is 0 Å². The summed E-state index contributed by atoms with van der Waals surface area (Å²) in [4.78, 5) is 17.2. The summed E-state index contributed by atoms with van der Waals surface area (Å²) in [5, 5.41) is 11.7. The Balaban J connectivity index is 1.62. The lowest BCUT2D eigenvalue weighted by Crippen LogP contribution is -2.24. The maximum Gasteiger partial charge on any atom is 0.320 e. The second kappa shape index (κ2) is 6.44. The number of anilines is 2. The lowest BCUT2D eigenvalue weighted by atomic mass is 10.2. The highest BCUT2D eigenvalue weighted by Gasteiger charge is 2.12. The predicted molar refractivity (Wildman–Crippen MR) is 98.6 cm³/mol.